The van der Waals surface area contributed by atoms with Crippen LogP contribution < -0.4 is 5.32 Å². The Labute approximate surface area is 78.6 Å². The van der Waals surface area contributed by atoms with Gasteiger partial charge in [0.05, 0.1) is 0 Å². The van der Waals surface area contributed by atoms with Gasteiger partial charge in [-0.3, -0.25) is 0 Å². The standard InChI is InChI=1S/C11H15NO/c1-8-2-4-9(5-3-8)11-10(7-13)6-12-11/h2-5,10-13H,6-7H2,1H3. The van der Waals surface area contributed by atoms with E-state index < -0.39 is 0 Å². The Bertz CT molecular complexity index is 279. The van der Waals surface area contributed by atoms with Crippen LogP contribution in [-0.4, -0.2) is 18.3 Å². The molecule has 0 radical (unpaired) electrons. The SMILES string of the molecule is Cc1ccc(C2NCC2CO)cc1. The van der Waals surface area contributed by atoms with Gasteiger partial charge in [0.25, 0.3) is 0 Å². The molecule has 1 aromatic carbocycles. The number of hydrogen-bond acceptors (Lipinski definition) is 2. The van der Waals surface area contributed by atoms with E-state index in [-0.39, 0.29) is 6.61 Å². The topological polar surface area (TPSA) is 32.3 Å². The van der Waals surface area contributed by atoms with Crippen molar-refractivity contribution in [2.24, 2.45) is 5.92 Å². The van der Waals surface area contributed by atoms with Crippen LogP contribution in [0.5, 0.6) is 0 Å². The summed E-state index contributed by atoms with van der Waals surface area (Å²) in [5.41, 5.74) is 2.57. The fourth-order valence-electron chi connectivity index (χ4n) is 1.74. The van der Waals surface area contributed by atoms with Gasteiger partial charge in [-0.15, -0.1) is 0 Å². The maximum Gasteiger partial charge on any atom is 0.0489 e. The molecule has 2 N–H and O–H groups in total. The molecule has 0 aliphatic carbocycles. The van der Waals surface area contributed by atoms with Crippen LogP contribution in [0.2, 0.25) is 0 Å². The molecule has 2 rings (SSSR count). The normalized spacial score (nSPS) is 26.9. The summed E-state index contributed by atoms with van der Waals surface area (Å²) in [6.45, 7) is 3.31. The number of hydrogen-bond donors (Lipinski definition) is 2. The zero-order valence-electron chi connectivity index (χ0n) is 7.83. The summed E-state index contributed by atoms with van der Waals surface area (Å²) in [4.78, 5) is 0. The molecule has 0 bridgehead atoms. The number of aryl methyl sites for hydroxylation is 1. The lowest BCUT2D eigenvalue weighted by Gasteiger charge is -2.37. The van der Waals surface area contributed by atoms with Crippen molar-refractivity contribution in [2.45, 2.75) is 13.0 Å². The smallest absolute Gasteiger partial charge is 0.0489 e. The summed E-state index contributed by atoms with van der Waals surface area (Å²) < 4.78 is 0. The van der Waals surface area contributed by atoms with Crippen LogP contribution in [0.15, 0.2) is 24.3 Å². The van der Waals surface area contributed by atoms with Gasteiger partial charge in [0.1, 0.15) is 0 Å². The van der Waals surface area contributed by atoms with Gasteiger partial charge in [-0.2, -0.15) is 0 Å². The van der Waals surface area contributed by atoms with Crippen molar-refractivity contribution in [3.8, 4) is 0 Å². The highest BCUT2D eigenvalue weighted by Gasteiger charge is 2.30. The molecule has 0 aromatic heterocycles. The second kappa shape index (κ2) is 3.48. The summed E-state index contributed by atoms with van der Waals surface area (Å²) in [6.07, 6.45) is 0. The van der Waals surface area contributed by atoms with Crippen LogP contribution in [-0.2, 0) is 0 Å². The van der Waals surface area contributed by atoms with Gasteiger partial charge >= 0.3 is 0 Å². The van der Waals surface area contributed by atoms with Crippen LogP contribution in [0.1, 0.15) is 17.2 Å². The summed E-state index contributed by atoms with van der Waals surface area (Å²) in [7, 11) is 0. The van der Waals surface area contributed by atoms with Crippen LogP contribution in [0.25, 0.3) is 0 Å². The lowest BCUT2D eigenvalue weighted by molar-refractivity contribution is 0.128. The van der Waals surface area contributed by atoms with Crippen molar-refractivity contribution in [3.05, 3.63) is 35.4 Å². The average molecular weight is 177 g/mol. The first kappa shape index (κ1) is 8.73. The Morgan fingerprint density at radius 3 is 2.54 bits per heavy atom. The highest BCUT2D eigenvalue weighted by Crippen LogP contribution is 2.28. The van der Waals surface area contributed by atoms with E-state index in [2.05, 4.69) is 36.5 Å². The third kappa shape index (κ3) is 1.60. The molecule has 0 amide bonds. The quantitative estimate of drug-likeness (QED) is 0.712. The zero-order chi connectivity index (χ0) is 9.26. The number of aliphatic hydroxyl groups is 1. The van der Waals surface area contributed by atoms with Gasteiger partial charge in [0.15, 0.2) is 0 Å². The zero-order valence-corrected chi connectivity index (χ0v) is 7.83. The van der Waals surface area contributed by atoms with E-state index in [1.54, 1.807) is 0 Å². The number of benzene rings is 1. The molecule has 2 atom stereocenters. The lowest BCUT2D eigenvalue weighted by atomic mass is 9.86. The molecule has 13 heavy (non-hydrogen) atoms. The summed E-state index contributed by atoms with van der Waals surface area (Å²) in [5.74, 6) is 0.405. The predicted octanol–water partition coefficient (Wildman–Crippen LogP) is 1.25. The molecule has 1 aromatic rings. The van der Waals surface area contributed by atoms with E-state index in [0.29, 0.717) is 12.0 Å². The third-order valence-electron chi connectivity index (χ3n) is 2.74. The number of rotatable bonds is 2. The van der Waals surface area contributed by atoms with Gasteiger partial charge in [-0.1, -0.05) is 29.8 Å². The van der Waals surface area contributed by atoms with Gasteiger partial charge in [-0.05, 0) is 12.5 Å². The molecule has 1 aliphatic rings. The molecule has 1 fully saturated rings. The summed E-state index contributed by atoms with van der Waals surface area (Å²) >= 11 is 0. The predicted molar refractivity (Wildman–Crippen MR) is 52.5 cm³/mol. The second-order valence-electron chi connectivity index (χ2n) is 3.74. The Morgan fingerprint density at radius 1 is 1.38 bits per heavy atom. The molecule has 2 unspecified atom stereocenters. The van der Waals surface area contributed by atoms with Gasteiger partial charge in [0, 0.05) is 25.1 Å². The molecule has 1 heterocycles. The maximum atomic E-state index is 9.03. The van der Waals surface area contributed by atoms with Crippen LogP contribution in [0, 0.1) is 12.8 Å². The Balaban J connectivity index is 2.12. The Kier molecular flexibility index (Phi) is 2.34. The van der Waals surface area contributed by atoms with Crippen molar-refractivity contribution in [2.75, 3.05) is 13.2 Å². The van der Waals surface area contributed by atoms with E-state index in [0.717, 1.165) is 6.54 Å². The first-order valence-corrected chi connectivity index (χ1v) is 4.72. The van der Waals surface area contributed by atoms with Crippen LogP contribution >= 0.6 is 0 Å². The summed E-state index contributed by atoms with van der Waals surface area (Å²) in [6, 6.07) is 8.86. The van der Waals surface area contributed by atoms with Crippen LogP contribution in [0.4, 0.5) is 0 Å². The first-order valence-electron chi connectivity index (χ1n) is 4.72. The fraction of sp³-hybridized carbons (Fsp3) is 0.455. The van der Waals surface area contributed by atoms with Crippen molar-refractivity contribution in [1.82, 2.24) is 5.32 Å². The van der Waals surface area contributed by atoms with Crippen molar-refractivity contribution < 1.29 is 5.11 Å². The van der Waals surface area contributed by atoms with Crippen molar-refractivity contribution >= 4 is 0 Å². The number of nitrogens with one attached hydrogen (secondary N) is 1. The second-order valence-corrected chi connectivity index (χ2v) is 3.74. The summed E-state index contributed by atoms with van der Waals surface area (Å²) in [5, 5.41) is 12.4. The average Bonchev–Trinajstić information content (AvgIpc) is 2.08. The molecular weight excluding hydrogens is 162 g/mol. The Hall–Kier alpha value is -0.860. The molecule has 0 spiro atoms. The largest absolute Gasteiger partial charge is 0.396 e. The third-order valence-corrected chi connectivity index (χ3v) is 2.74. The van der Waals surface area contributed by atoms with Gasteiger partial charge in [0.2, 0.25) is 0 Å². The first-order chi connectivity index (χ1) is 6.31. The fourth-order valence-corrected chi connectivity index (χ4v) is 1.74. The maximum absolute atomic E-state index is 9.03. The minimum absolute atomic E-state index is 0.283. The molecule has 2 nitrogen and oxygen atoms in total. The van der Waals surface area contributed by atoms with Gasteiger partial charge < -0.3 is 10.4 Å². The van der Waals surface area contributed by atoms with Crippen LogP contribution in [0.3, 0.4) is 0 Å². The molecular formula is C11H15NO. The number of aliphatic hydroxyl groups excluding tert-OH is 1. The molecule has 0 saturated carbocycles. The van der Waals surface area contributed by atoms with Gasteiger partial charge in [-0.25, -0.2) is 0 Å². The molecule has 1 saturated heterocycles. The van der Waals surface area contributed by atoms with E-state index in [9.17, 15) is 0 Å². The highest BCUT2D eigenvalue weighted by molar-refractivity contribution is 5.26. The van der Waals surface area contributed by atoms with Crippen molar-refractivity contribution in [3.63, 3.8) is 0 Å². The Morgan fingerprint density at radius 2 is 2.08 bits per heavy atom. The lowest BCUT2D eigenvalue weighted by Crippen LogP contribution is -2.47. The van der Waals surface area contributed by atoms with E-state index in [1.807, 2.05) is 0 Å². The molecule has 1 aliphatic heterocycles. The van der Waals surface area contributed by atoms with E-state index >= 15 is 0 Å². The molecule has 70 valence electrons. The van der Waals surface area contributed by atoms with E-state index in [1.165, 1.54) is 11.1 Å². The molecule has 2 heteroatoms. The van der Waals surface area contributed by atoms with E-state index in [4.69, 9.17) is 5.11 Å². The highest BCUT2D eigenvalue weighted by atomic mass is 16.3. The van der Waals surface area contributed by atoms with Crippen molar-refractivity contribution in [1.29, 1.82) is 0 Å². The minimum atomic E-state index is 0.283. The minimum Gasteiger partial charge on any atom is -0.396 e. The monoisotopic (exact) mass is 177 g/mol.